The lowest BCUT2D eigenvalue weighted by Gasteiger charge is -2.15. The molecule has 8 heteroatoms. The molecule has 0 saturated heterocycles. The Kier molecular flexibility index (Phi) is 11.8. The number of nitrogens with one attached hydrogen (secondary N) is 2. The van der Waals surface area contributed by atoms with Crippen LogP contribution < -0.4 is 10.6 Å². The highest BCUT2D eigenvalue weighted by Crippen LogP contribution is 1.95. The second-order valence-corrected chi connectivity index (χ2v) is 5.73. The van der Waals surface area contributed by atoms with Crippen molar-refractivity contribution < 1.29 is 0 Å². The quantitative estimate of drug-likeness (QED) is 0.287. The van der Waals surface area contributed by atoms with Crippen molar-refractivity contribution in [2.45, 2.75) is 39.8 Å². The first-order valence-electron chi connectivity index (χ1n) is 7.07. The third-order valence-corrected chi connectivity index (χ3v) is 3.24. The zero-order valence-electron chi connectivity index (χ0n) is 13.3. The van der Waals surface area contributed by atoms with Crippen LogP contribution in [0.1, 0.15) is 26.6 Å². The van der Waals surface area contributed by atoms with Crippen molar-refractivity contribution in [3.8, 4) is 0 Å². The van der Waals surface area contributed by atoms with Crippen molar-refractivity contribution in [3.63, 3.8) is 0 Å². The van der Waals surface area contributed by atoms with E-state index in [1.54, 1.807) is 18.1 Å². The number of aliphatic imine (C=N–C) groups is 1. The zero-order chi connectivity index (χ0) is 14.8. The number of halogens is 1. The summed E-state index contributed by atoms with van der Waals surface area (Å²) in [6, 6.07) is 0.372. The van der Waals surface area contributed by atoms with Crippen molar-refractivity contribution in [2.24, 2.45) is 4.99 Å². The summed E-state index contributed by atoms with van der Waals surface area (Å²) in [6.07, 6.45) is 4.77. The number of aromatic nitrogens is 3. The Morgan fingerprint density at radius 2 is 2.24 bits per heavy atom. The molecule has 2 N–H and O–H groups in total. The molecule has 0 radical (unpaired) electrons. The maximum atomic E-state index is 4.55. The van der Waals surface area contributed by atoms with Crippen LogP contribution in [-0.2, 0) is 13.0 Å². The van der Waals surface area contributed by atoms with E-state index in [0.717, 1.165) is 43.6 Å². The Bertz CT molecular complexity index is 407. The molecule has 1 aromatic heterocycles. The SMILES string of the molecule is CCc1nncn1CCNC(=NCCSC)NC(C)C.I. The minimum absolute atomic E-state index is 0. The van der Waals surface area contributed by atoms with Crippen LogP contribution in [0.15, 0.2) is 11.3 Å². The number of hydrogen-bond donors (Lipinski definition) is 2. The zero-order valence-corrected chi connectivity index (χ0v) is 16.4. The Balaban J connectivity index is 0.00000400. The van der Waals surface area contributed by atoms with E-state index >= 15 is 0 Å². The van der Waals surface area contributed by atoms with Crippen LogP contribution in [0.25, 0.3) is 0 Å². The maximum absolute atomic E-state index is 4.55. The van der Waals surface area contributed by atoms with Gasteiger partial charge in [-0.1, -0.05) is 6.92 Å². The van der Waals surface area contributed by atoms with Crippen LogP contribution in [0.2, 0.25) is 0 Å². The lowest BCUT2D eigenvalue weighted by atomic mass is 10.4. The number of guanidine groups is 1. The van der Waals surface area contributed by atoms with Gasteiger partial charge in [0.15, 0.2) is 5.96 Å². The van der Waals surface area contributed by atoms with E-state index in [1.807, 2.05) is 0 Å². The summed E-state index contributed by atoms with van der Waals surface area (Å²) in [6.45, 7) is 8.79. The van der Waals surface area contributed by atoms with Gasteiger partial charge in [0, 0.05) is 31.3 Å². The molecule has 0 amide bonds. The second kappa shape index (κ2) is 12.1. The molecule has 1 rings (SSSR count). The molecular formula is C13H27IN6S. The molecule has 1 heterocycles. The highest BCUT2D eigenvalue weighted by Gasteiger charge is 2.03. The van der Waals surface area contributed by atoms with Gasteiger partial charge in [0.25, 0.3) is 0 Å². The van der Waals surface area contributed by atoms with Crippen LogP contribution in [0.3, 0.4) is 0 Å². The third-order valence-electron chi connectivity index (χ3n) is 2.65. The molecule has 0 aliphatic heterocycles. The summed E-state index contributed by atoms with van der Waals surface area (Å²) in [4.78, 5) is 4.55. The lowest BCUT2D eigenvalue weighted by molar-refractivity contribution is 0.622. The standard InChI is InChI=1S/C13H26N6S.HI/c1-5-12-18-16-10-19(12)8-6-14-13(17-11(2)3)15-7-9-20-4;/h10-11H,5-9H2,1-4H3,(H2,14,15,17);1H. The van der Waals surface area contributed by atoms with E-state index in [4.69, 9.17) is 0 Å². The smallest absolute Gasteiger partial charge is 0.191 e. The molecule has 0 aromatic carbocycles. The van der Waals surface area contributed by atoms with Gasteiger partial charge in [0.2, 0.25) is 0 Å². The molecule has 0 fully saturated rings. The average molecular weight is 426 g/mol. The van der Waals surface area contributed by atoms with Crippen LogP contribution in [-0.4, -0.2) is 51.9 Å². The molecule has 21 heavy (non-hydrogen) atoms. The topological polar surface area (TPSA) is 67.1 Å². The normalized spacial score (nSPS) is 11.4. The van der Waals surface area contributed by atoms with Crippen LogP contribution in [0, 0.1) is 0 Å². The average Bonchev–Trinajstić information content (AvgIpc) is 2.85. The molecule has 0 saturated carbocycles. The Morgan fingerprint density at radius 1 is 1.48 bits per heavy atom. The molecular weight excluding hydrogens is 399 g/mol. The molecule has 0 aliphatic rings. The lowest BCUT2D eigenvalue weighted by Crippen LogP contribution is -2.42. The van der Waals surface area contributed by atoms with Gasteiger partial charge in [0.05, 0.1) is 6.54 Å². The summed E-state index contributed by atoms with van der Waals surface area (Å²) in [5.41, 5.74) is 0. The summed E-state index contributed by atoms with van der Waals surface area (Å²) in [5.74, 6) is 2.93. The van der Waals surface area contributed by atoms with E-state index in [9.17, 15) is 0 Å². The van der Waals surface area contributed by atoms with Gasteiger partial charge in [-0.25, -0.2) is 0 Å². The van der Waals surface area contributed by atoms with Gasteiger partial charge in [-0.2, -0.15) is 11.8 Å². The summed E-state index contributed by atoms with van der Waals surface area (Å²) in [5, 5.41) is 14.7. The fraction of sp³-hybridized carbons (Fsp3) is 0.769. The van der Waals surface area contributed by atoms with Crippen LogP contribution in [0.5, 0.6) is 0 Å². The predicted molar refractivity (Wildman–Crippen MR) is 102 cm³/mol. The van der Waals surface area contributed by atoms with Crippen molar-refractivity contribution in [2.75, 3.05) is 25.1 Å². The molecule has 0 atom stereocenters. The fourth-order valence-electron chi connectivity index (χ4n) is 1.71. The Morgan fingerprint density at radius 3 is 2.86 bits per heavy atom. The highest BCUT2D eigenvalue weighted by molar-refractivity contribution is 14.0. The number of hydrogen-bond acceptors (Lipinski definition) is 4. The van der Waals surface area contributed by atoms with Gasteiger partial charge in [-0.3, -0.25) is 4.99 Å². The summed E-state index contributed by atoms with van der Waals surface area (Å²) >= 11 is 1.81. The molecule has 0 unspecified atom stereocenters. The van der Waals surface area contributed by atoms with Crippen molar-refractivity contribution in [1.82, 2.24) is 25.4 Å². The number of nitrogens with zero attached hydrogens (tertiary/aromatic N) is 4. The Labute approximate surface area is 149 Å². The van der Waals surface area contributed by atoms with Gasteiger partial charge >= 0.3 is 0 Å². The third kappa shape index (κ3) is 8.50. The molecule has 6 nitrogen and oxygen atoms in total. The van der Waals surface area contributed by atoms with Crippen LogP contribution in [0.4, 0.5) is 0 Å². The maximum Gasteiger partial charge on any atom is 0.191 e. The molecule has 0 bridgehead atoms. The first-order valence-corrected chi connectivity index (χ1v) is 8.47. The van der Waals surface area contributed by atoms with E-state index in [2.05, 4.69) is 57.4 Å². The van der Waals surface area contributed by atoms with Crippen molar-refractivity contribution in [1.29, 1.82) is 0 Å². The number of aryl methyl sites for hydroxylation is 1. The highest BCUT2D eigenvalue weighted by atomic mass is 127. The molecule has 122 valence electrons. The second-order valence-electron chi connectivity index (χ2n) is 4.74. The first kappa shape index (κ1) is 20.5. The minimum Gasteiger partial charge on any atom is -0.355 e. The predicted octanol–water partition coefficient (Wildman–Crippen LogP) is 1.77. The van der Waals surface area contributed by atoms with Crippen molar-refractivity contribution in [3.05, 3.63) is 12.2 Å². The Hall–Kier alpha value is -0.510. The van der Waals surface area contributed by atoms with E-state index in [1.165, 1.54) is 0 Å². The van der Waals surface area contributed by atoms with Crippen LogP contribution >= 0.6 is 35.7 Å². The first-order chi connectivity index (χ1) is 9.67. The van der Waals surface area contributed by atoms with E-state index in [0.29, 0.717) is 6.04 Å². The molecule has 0 spiro atoms. The fourth-order valence-corrected chi connectivity index (χ4v) is 1.98. The number of thioether (sulfide) groups is 1. The summed E-state index contributed by atoms with van der Waals surface area (Å²) < 4.78 is 2.07. The van der Waals surface area contributed by atoms with Crippen molar-refractivity contribution >= 4 is 41.7 Å². The minimum atomic E-state index is 0. The largest absolute Gasteiger partial charge is 0.355 e. The molecule has 1 aromatic rings. The number of rotatable bonds is 8. The monoisotopic (exact) mass is 426 g/mol. The van der Waals surface area contributed by atoms with E-state index in [-0.39, 0.29) is 24.0 Å². The van der Waals surface area contributed by atoms with Gasteiger partial charge in [0.1, 0.15) is 12.2 Å². The van der Waals surface area contributed by atoms with E-state index < -0.39 is 0 Å². The summed E-state index contributed by atoms with van der Waals surface area (Å²) in [7, 11) is 0. The van der Waals surface area contributed by atoms with Gasteiger partial charge in [-0.05, 0) is 20.1 Å². The molecule has 0 aliphatic carbocycles. The van der Waals surface area contributed by atoms with Gasteiger partial charge < -0.3 is 15.2 Å². The van der Waals surface area contributed by atoms with Gasteiger partial charge in [-0.15, -0.1) is 34.2 Å².